The quantitative estimate of drug-likeness (QED) is 0.807. The minimum atomic E-state index is -1.07. The molecular formula is C15H15FN2O4S. The molecule has 0 aliphatic heterocycles. The van der Waals surface area contributed by atoms with E-state index < -0.39 is 12.1 Å². The lowest BCUT2D eigenvalue weighted by Gasteiger charge is -2.14. The fourth-order valence-electron chi connectivity index (χ4n) is 1.73. The van der Waals surface area contributed by atoms with E-state index in [1.165, 1.54) is 41.0 Å². The van der Waals surface area contributed by atoms with Gasteiger partial charge in [-0.25, -0.2) is 14.2 Å². The van der Waals surface area contributed by atoms with Crippen molar-refractivity contribution in [3.05, 3.63) is 46.2 Å². The van der Waals surface area contributed by atoms with E-state index in [9.17, 15) is 14.0 Å². The maximum absolute atomic E-state index is 12.8. The molecule has 122 valence electrons. The van der Waals surface area contributed by atoms with Crippen molar-refractivity contribution in [3.63, 3.8) is 0 Å². The highest BCUT2D eigenvalue weighted by atomic mass is 32.1. The summed E-state index contributed by atoms with van der Waals surface area (Å²) >= 11 is 1.23. The number of thiazole rings is 1. The highest BCUT2D eigenvalue weighted by Crippen LogP contribution is 2.13. The number of ether oxygens (including phenoxy) is 1. The molecule has 2 aromatic rings. The van der Waals surface area contributed by atoms with Crippen LogP contribution in [0, 0.1) is 5.82 Å². The molecule has 0 bridgehead atoms. The monoisotopic (exact) mass is 338 g/mol. The molecule has 0 saturated heterocycles. The second kappa shape index (κ2) is 7.68. The van der Waals surface area contributed by atoms with Gasteiger partial charge in [-0.05, 0) is 31.2 Å². The maximum Gasteiger partial charge on any atom is 0.355 e. The molecule has 23 heavy (non-hydrogen) atoms. The Kier molecular flexibility index (Phi) is 5.64. The molecule has 0 radical (unpaired) electrons. The number of nitrogens with zero attached hydrogens (tertiary/aromatic N) is 1. The van der Waals surface area contributed by atoms with Gasteiger partial charge in [0.25, 0.3) is 5.91 Å². The molecule has 0 spiro atoms. The smallest absolute Gasteiger partial charge is 0.355 e. The van der Waals surface area contributed by atoms with Gasteiger partial charge < -0.3 is 15.2 Å². The summed E-state index contributed by atoms with van der Waals surface area (Å²) in [5.41, 5.74) is 0.00402. The molecule has 6 nitrogen and oxygen atoms in total. The molecule has 0 fully saturated rings. The third kappa shape index (κ3) is 5.03. The summed E-state index contributed by atoms with van der Waals surface area (Å²) < 4.78 is 18.2. The van der Waals surface area contributed by atoms with Gasteiger partial charge in [-0.3, -0.25) is 4.79 Å². The number of hydrogen-bond donors (Lipinski definition) is 2. The number of carboxylic acid groups (broad SMARTS) is 1. The van der Waals surface area contributed by atoms with Crippen LogP contribution in [0.25, 0.3) is 0 Å². The summed E-state index contributed by atoms with van der Waals surface area (Å²) in [5, 5.41) is 13.6. The topological polar surface area (TPSA) is 88.5 Å². The second-order valence-corrected chi connectivity index (χ2v) is 5.63. The minimum Gasteiger partial charge on any atom is -0.481 e. The fourth-order valence-corrected chi connectivity index (χ4v) is 2.50. The number of carbonyl (C=O) groups is 2. The normalized spacial score (nSPS) is 11.7. The lowest BCUT2D eigenvalue weighted by atomic mass is 10.3. The van der Waals surface area contributed by atoms with Gasteiger partial charge in [0.1, 0.15) is 11.6 Å². The average Bonchev–Trinajstić information content (AvgIpc) is 2.98. The van der Waals surface area contributed by atoms with Crippen LogP contribution in [0.2, 0.25) is 0 Å². The van der Waals surface area contributed by atoms with Gasteiger partial charge >= 0.3 is 5.97 Å². The maximum atomic E-state index is 12.8. The second-order valence-electron chi connectivity index (χ2n) is 4.69. The summed E-state index contributed by atoms with van der Waals surface area (Å²) in [6.45, 7) is 1.91. The molecule has 1 aromatic heterocycles. The van der Waals surface area contributed by atoms with Gasteiger partial charge in [-0.1, -0.05) is 0 Å². The van der Waals surface area contributed by atoms with E-state index in [0.29, 0.717) is 23.7 Å². The molecular weight excluding hydrogens is 323 g/mol. The standard InChI is InChI=1S/C15H15FN2O4S/c1-9(22-11-4-2-10(16)3-5-11)14(19)17-7-6-13-18-12(8-23-13)15(20)21/h2-5,8-9H,6-7H2,1H3,(H,17,19)(H,20,21). The van der Waals surface area contributed by atoms with Crippen LogP contribution in [-0.4, -0.2) is 34.6 Å². The molecule has 1 amide bonds. The van der Waals surface area contributed by atoms with Gasteiger partial charge in [0.05, 0.1) is 5.01 Å². The van der Waals surface area contributed by atoms with Crippen LogP contribution in [0.3, 0.4) is 0 Å². The first-order valence-electron chi connectivity index (χ1n) is 6.83. The Morgan fingerprint density at radius 2 is 2.09 bits per heavy atom. The average molecular weight is 338 g/mol. The predicted molar refractivity (Wildman–Crippen MR) is 82.3 cm³/mol. The number of nitrogens with one attached hydrogen (secondary N) is 1. The first-order valence-corrected chi connectivity index (χ1v) is 7.71. The first-order chi connectivity index (χ1) is 11.0. The van der Waals surface area contributed by atoms with Crippen LogP contribution < -0.4 is 10.1 Å². The minimum absolute atomic E-state index is 0.00402. The Balaban J connectivity index is 1.77. The first kappa shape index (κ1) is 16.9. The largest absolute Gasteiger partial charge is 0.481 e. The van der Waals surface area contributed by atoms with Gasteiger partial charge in [0.15, 0.2) is 11.8 Å². The van der Waals surface area contributed by atoms with Crippen LogP contribution in [0.1, 0.15) is 22.4 Å². The highest BCUT2D eigenvalue weighted by Gasteiger charge is 2.15. The van der Waals surface area contributed by atoms with Crippen molar-refractivity contribution >= 4 is 23.2 Å². The zero-order valence-corrected chi connectivity index (χ0v) is 13.1. The molecule has 2 rings (SSSR count). The number of halogens is 1. The van der Waals surface area contributed by atoms with E-state index in [0.717, 1.165) is 0 Å². The number of carboxylic acids is 1. The Labute approximate surface area is 135 Å². The third-order valence-electron chi connectivity index (χ3n) is 2.90. The number of benzene rings is 1. The highest BCUT2D eigenvalue weighted by molar-refractivity contribution is 7.09. The van der Waals surface area contributed by atoms with E-state index in [4.69, 9.17) is 9.84 Å². The Morgan fingerprint density at radius 3 is 2.70 bits per heavy atom. The summed E-state index contributed by atoms with van der Waals surface area (Å²) in [6, 6.07) is 5.40. The number of aromatic nitrogens is 1. The van der Waals surface area contributed by atoms with E-state index in [1.807, 2.05) is 0 Å². The Hall–Kier alpha value is -2.48. The van der Waals surface area contributed by atoms with Gasteiger partial charge in [0, 0.05) is 18.3 Å². The molecule has 0 aliphatic rings. The van der Waals surface area contributed by atoms with Crippen LogP contribution >= 0.6 is 11.3 Å². The number of aromatic carboxylic acids is 1. The van der Waals surface area contributed by atoms with Crippen molar-refractivity contribution in [1.82, 2.24) is 10.3 Å². The van der Waals surface area contributed by atoms with Crippen molar-refractivity contribution < 1.29 is 23.8 Å². The lowest BCUT2D eigenvalue weighted by molar-refractivity contribution is -0.127. The molecule has 1 unspecified atom stereocenters. The Morgan fingerprint density at radius 1 is 1.39 bits per heavy atom. The molecule has 8 heteroatoms. The molecule has 1 aromatic carbocycles. The zero-order chi connectivity index (χ0) is 16.8. The fraction of sp³-hybridized carbons (Fsp3) is 0.267. The van der Waals surface area contributed by atoms with Gasteiger partial charge in [0.2, 0.25) is 0 Å². The molecule has 2 N–H and O–H groups in total. The van der Waals surface area contributed by atoms with Crippen LogP contribution in [0.4, 0.5) is 4.39 Å². The van der Waals surface area contributed by atoms with E-state index in [2.05, 4.69) is 10.3 Å². The van der Waals surface area contributed by atoms with E-state index in [-0.39, 0.29) is 17.4 Å². The summed E-state index contributed by atoms with van der Waals surface area (Å²) in [7, 11) is 0. The van der Waals surface area contributed by atoms with Gasteiger partial charge in [-0.15, -0.1) is 11.3 Å². The molecule has 1 heterocycles. The van der Waals surface area contributed by atoms with Crippen molar-refractivity contribution in [3.8, 4) is 5.75 Å². The van der Waals surface area contributed by atoms with Crippen molar-refractivity contribution in [1.29, 1.82) is 0 Å². The van der Waals surface area contributed by atoms with Gasteiger partial charge in [-0.2, -0.15) is 0 Å². The number of carbonyl (C=O) groups excluding carboxylic acids is 1. The van der Waals surface area contributed by atoms with Crippen molar-refractivity contribution in [2.45, 2.75) is 19.4 Å². The summed E-state index contributed by atoms with van der Waals surface area (Å²) in [4.78, 5) is 26.5. The van der Waals surface area contributed by atoms with E-state index in [1.54, 1.807) is 6.92 Å². The van der Waals surface area contributed by atoms with Crippen LogP contribution in [-0.2, 0) is 11.2 Å². The molecule has 0 aliphatic carbocycles. The lowest BCUT2D eigenvalue weighted by Crippen LogP contribution is -2.37. The molecule has 0 saturated carbocycles. The van der Waals surface area contributed by atoms with Crippen molar-refractivity contribution in [2.24, 2.45) is 0 Å². The number of rotatable bonds is 7. The Bertz CT molecular complexity index is 687. The van der Waals surface area contributed by atoms with Crippen LogP contribution in [0.5, 0.6) is 5.75 Å². The SMILES string of the molecule is CC(Oc1ccc(F)cc1)C(=O)NCCc1nc(C(=O)O)cs1. The summed E-state index contributed by atoms with van der Waals surface area (Å²) in [5.74, 6) is -1.36. The predicted octanol–water partition coefficient (Wildman–Crippen LogP) is 2.11. The van der Waals surface area contributed by atoms with Crippen molar-refractivity contribution in [2.75, 3.05) is 6.54 Å². The van der Waals surface area contributed by atoms with E-state index >= 15 is 0 Å². The third-order valence-corrected chi connectivity index (χ3v) is 3.81. The summed E-state index contributed by atoms with van der Waals surface area (Å²) in [6.07, 6.45) is -0.293. The van der Waals surface area contributed by atoms with Crippen LogP contribution in [0.15, 0.2) is 29.6 Å². The number of hydrogen-bond acceptors (Lipinski definition) is 5. The zero-order valence-electron chi connectivity index (χ0n) is 12.3. The molecule has 1 atom stereocenters. The number of amides is 1.